The number of benzene rings is 4. The fourth-order valence-corrected chi connectivity index (χ4v) is 5.47. The van der Waals surface area contributed by atoms with E-state index in [2.05, 4.69) is 0 Å². The first kappa shape index (κ1) is 25.4. The van der Waals surface area contributed by atoms with Crippen molar-refractivity contribution in [2.45, 2.75) is 26.7 Å². The van der Waals surface area contributed by atoms with Crippen LogP contribution in [-0.4, -0.2) is 25.2 Å². The van der Waals surface area contributed by atoms with Gasteiger partial charge in [-0.15, -0.1) is 0 Å². The summed E-state index contributed by atoms with van der Waals surface area (Å²) in [6.45, 7) is 3.59. The highest BCUT2D eigenvalue weighted by atomic mass is 19.1. The number of halogens is 1. The smallest absolute Gasteiger partial charge is 0.324 e. The zero-order valence-corrected chi connectivity index (χ0v) is 21.5. The molecule has 0 aromatic heterocycles. The number of hydrogen-bond acceptors (Lipinski definition) is 4. The normalized spacial score (nSPS) is 13.6. The monoisotopic (exact) mass is 508 g/mol. The zero-order valence-electron chi connectivity index (χ0n) is 21.5. The van der Waals surface area contributed by atoms with Gasteiger partial charge in [-0.3, -0.25) is 9.59 Å². The molecule has 38 heavy (non-hydrogen) atoms. The molecular formula is C33H29FO4. The summed E-state index contributed by atoms with van der Waals surface area (Å²) < 4.78 is 27.6. The molecule has 4 nitrogen and oxygen atoms in total. The van der Waals surface area contributed by atoms with Gasteiger partial charge in [0.15, 0.2) is 5.41 Å². The predicted molar refractivity (Wildman–Crippen MR) is 146 cm³/mol. The Morgan fingerprint density at radius 3 is 1.47 bits per heavy atom. The van der Waals surface area contributed by atoms with Crippen molar-refractivity contribution in [2.75, 3.05) is 13.2 Å². The summed E-state index contributed by atoms with van der Waals surface area (Å²) in [4.78, 5) is 26.8. The maximum absolute atomic E-state index is 16.8. The van der Waals surface area contributed by atoms with Crippen molar-refractivity contribution in [3.05, 3.63) is 108 Å². The van der Waals surface area contributed by atoms with Crippen LogP contribution in [-0.2, 0) is 31.9 Å². The van der Waals surface area contributed by atoms with Gasteiger partial charge in [0.2, 0.25) is 0 Å². The lowest BCUT2D eigenvalue weighted by molar-refractivity contribution is -0.171. The largest absolute Gasteiger partial charge is 0.465 e. The standard InChI is InChI=1S/C33H29FO4/c1-3-37-31(35)33(32(36)38-4-2)20-25-26(21-33)30(34)29(24-18-12-7-13-19-24)28(23-16-10-6-11-17-23)27(25)22-14-8-5-9-15-22/h5-19H,3-4,20-21H2,1-2H3. The first-order valence-corrected chi connectivity index (χ1v) is 12.9. The van der Waals surface area contributed by atoms with Crippen LogP contribution in [0.25, 0.3) is 33.4 Å². The van der Waals surface area contributed by atoms with Gasteiger partial charge in [-0.1, -0.05) is 91.0 Å². The summed E-state index contributed by atoms with van der Waals surface area (Å²) in [5, 5.41) is 0. The van der Waals surface area contributed by atoms with E-state index in [-0.39, 0.29) is 26.1 Å². The summed E-state index contributed by atoms with van der Waals surface area (Å²) in [6.07, 6.45) is -0.128. The Kier molecular flexibility index (Phi) is 7.10. The minimum atomic E-state index is -1.65. The minimum Gasteiger partial charge on any atom is -0.465 e. The Hall–Kier alpha value is -4.25. The molecule has 0 fully saturated rings. The second kappa shape index (κ2) is 10.6. The number of hydrogen-bond donors (Lipinski definition) is 0. The Balaban J connectivity index is 1.89. The van der Waals surface area contributed by atoms with Crippen LogP contribution in [0.3, 0.4) is 0 Å². The van der Waals surface area contributed by atoms with Gasteiger partial charge in [-0.05, 0) is 47.2 Å². The summed E-state index contributed by atoms with van der Waals surface area (Å²) >= 11 is 0. The van der Waals surface area contributed by atoms with E-state index in [4.69, 9.17) is 9.47 Å². The number of fused-ring (bicyclic) bond motifs is 1. The lowest BCUT2D eigenvalue weighted by atomic mass is 9.82. The number of carbonyl (C=O) groups is 2. The van der Waals surface area contributed by atoms with Gasteiger partial charge >= 0.3 is 11.9 Å². The molecule has 0 atom stereocenters. The molecule has 192 valence electrons. The van der Waals surface area contributed by atoms with E-state index < -0.39 is 23.2 Å². The van der Waals surface area contributed by atoms with Gasteiger partial charge in [-0.25, -0.2) is 4.39 Å². The van der Waals surface area contributed by atoms with Crippen LogP contribution in [0.1, 0.15) is 25.0 Å². The first-order chi connectivity index (χ1) is 18.5. The van der Waals surface area contributed by atoms with Crippen molar-refractivity contribution >= 4 is 11.9 Å². The average molecular weight is 509 g/mol. The van der Waals surface area contributed by atoms with E-state index in [1.807, 2.05) is 91.0 Å². The number of carbonyl (C=O) groups excluding carboxylic acids is 2. The minimum absolute atomic E-state index is 0.00392. The SMILES string of the molecule is CCOC(=O)C1(C(=O)OCC)Cc2c(F)c(-c3ccccc3)c(-c3ccccc3)c(-c3ccccc3)c2C1. The third kappa shape index (κ3) is 4.28. The van der Waals surface area contributed by atoms with Crippen molar-refractivity contribution in [2.24, 2.45) is 5.41 Å². The van der Waals surface area contributed by atoms with Gasteiger partial charge in [0, 0.05) is 24.0 Å². The zero-order chi connectivity index (χ0) is 26.7. The van der Waals surface area contributed by atoms with Crippen LogP contribution < -0.4 is 0 Å². The molecule has 0 amide bonds. The molecule has 0 saturated heterocycles. The summed E-state index contributed by atoms with van der Waals surface area (Å²) in [7, 11) is 0. The molecule has 0 N–H and O–H groups in total. The highest BCUT2D eigenvalue weighted by Gasteiger charge is 2.55. The van der Waals surface area contributed by atoms with Gasteiger partial charge in [0.1, 0.15) is 5.82 Å². The molecule has 0 aliphatic heterocycles. The van der Waals surface area contributed by atoms with Crippen LogP contribution in [0.4, 0.5) is 4.39 Å². The molecule has 1 aliphatic carbocycles. The molecule has 0 saturated carbocycles. The Morgan fingerprint density at radius 1 is 0.632 bits per heavy atom. The van der Waals surface area contributed by atoms with Gasteiger partial charge in [-0.2, -0.15) is 0 Å². The third-order valence-electron chi connectivity index (χ3n) is 7.13. The molecule has 4 aromatic carbocycles. The molecule has 5 rings (SSSR count). The van der Waals surface area contributed by atoms with Crippen molar-refractivity contribution < 1.29 is 23.5 Å². The van der Waals surface area contributed by atoms with E-state index in [9.17, 15) is 9.59 Å². The molecular weight excluding hydrogens is 479 g/mol. The second-order valence-corrected chi connectivity index (χ2v) is 9.37. The summed E-state index contributed by atoms with van der Waals surface area (Å²) in [5.41, 5.74) is 3.75. The van der Waals surface area contributed by atoms with E-state index in [1.165, 1.54) is 0 Å². The molecule has 4 aromatic rings. The van der Waals surface area contributed by atoms with Crippen molar-refractivity contribution in [1.29, 1.82) is 0 Å². The number of esters is 2. The summed E-state index contributed by atoms with van der Waals surface area (Å²) in [6, 6.07) is 28.8. The van der Waals surface area contributed by atoms with Gasteiger partial charge in [0.25, 0.3) is 0 Å². The van der Waals surface area contributed by atoms with Gasteiger partial charge < -0.3 is 9.47 Å². The maximum atomic E-state index is 16.8. The highest BCUT2D eigenvalue weighted by molar-refractivity contribution is 6.04. The van der Waals surface area contributed by atoms with Crippen molar-refractivity contribution in [3.8, 4) is 33.4 Å². The van der Waals surface area contributed by atoms with E-state index >= 15 is 4.39 Å². The Morgan fingerprint density at radius 2 is 1.03 bits per heavy atom. The molecule has 0 bridgehead atoms. The van der Waals surface area contributed by atoms with Crippen LogP contribution >= 0.6 is 0 Å². The molecule has 0 radical (unpaired) electrons. The molecule has 1 aliphatic rings. The van der Waals surface area contributed by atoms with E-state index in [0.717, 1.165) is 22.3 Å². The summed E-state index contributed by atoms with van der Waals surface area (Å²) in [5.74, 6) is -1.80. The fraction of sp³-hybridized carbons (Fsp3) is 0.212. The topological polar surface area (TPSA) is 52.6 Å². The van der Waals surface area contributed by atoms with Crippen molar-refractivity contribution in [3.63, 3.8) is 0 Å². The lowest BCUT2D eigenvalue weighted by Gasteiger charge is -2.24. The van der Waals surface area contributed by atoms with Crippen molar-refractivity contribution in [1.82, 2.24) is 0 Å². The van der Waals surface area contributed by atoms with E-state index in [0.29, 0.717) is 22.3 Å². The Labute approximate surface area is 222 Å². The first-order valence-electron chi connectivity index (χ1n) is 12.9. The molecule has 5 heteroatoms. The average Bonchev–Trinajstić information content (AvgIpc) is 3.37. The molecule has 0 heterocycles. The molecule has 0 unspecified atom stereocenters. The van der Waals surface area contributed by atoms with E-state index in [1.54, 1.807) is 13.8 Å². The van der Waals surface area contributed by atoms with Crippen LogP contribution in [0.2, 0.25) is 0 Å². The Bertz CT molecular complexity index is 1450. The quantitative estimate of drug-likeness (QED) is 0.199. The third-order valence-corrected chi connectivity index (χ3v) is 7.13. The highest BCUT2D eigenvalue weighted by Crippen LogP contribution is 2.52. The van der Waals surface area contributed by atoms with Crippen LogP contribution in [0, 0.1) is 11.2 Å². The number of rotatable bonds is 7. The second-order valence-electron chi connectivity index (χ2n) is 9.37. The predicted octanol–water partition coefficient (Wildman–Crippen LogP) is 7.04. The number of ether oxygens (including phenoxy) is 2. The van der Waals surface area contributed by atoms with Gasteiger partial charge in [0.05, 0.1) is 13.2 Å². The maximum Gasteiger partial charge on any atom is 0.324 e. The van der Waals surface area contributed by atoms with Crippen LogP contribution in [0.15, 0.2) is 91.0 Å². The molecule has 0 spiro atoms. The lowest BCUT2D eigenvalue weighted by Crippen LogP contribution is -2.43. The fourth-order valence-electron chi connectivity index (χ4n) is 5.47. The van der Waals surface area contributed by atoms with Crippen LogP contribution in [0.5, 0.6) is 0 Å².